The molecule has 0 saturated heterocycles. The molecule has 1 aromatic heterocycles. The minimum Gasteiger partial charge on any atom is -0.197 e. The van der Waals surface area contributed by atoms with E-state index < -0.39 is 0 Å². The van der Waals surface area contributed by atoms with Crippen molar-refractivity contribution in [2.75, 3.05) is 0 Å². The van der Waals surface area contributed by atoms with Crippen LogP contribution in [0.15, 0.2) is 54.6 Å². The van der Waals surface area contributed by atoms with E-state index in [1.165, 1.54) is 11.1 Å². The topological polar surface area (TPSA) is 43.6 Å². The van der Waals surface area contributed by atoms with Gasteiger partial charge in [-0.1, -0.05) is 48.0 Å². The molecule has 0 amide bonds. The van der Waals surface area contributed by atoms with E-state index in [9.17, 15) is 0 Å². The first-order chi connectivity index (χ1) is 9.33. The lowest BCUT2D eigenvalue weighted by Gasteiger charge is -2.05. The zero-order valence-electron chi connectivity index (χ0n) is 10.7. The predicted octanol–water partition coefficient (Wildman–Crippen LogP) is 2.56. The third kappa shape index (κ3) is 2.52. The number of hydrogen-bond donors (Lipinski definition) is 0. The third-order valence-corrected chi connectivity index (χ3v) is 3.02. The average molecular weight is 250 g/mol. The van der Waals surface area contributed by atoms with E-state index in [1.54, 1.807) is 4.68 Å². The van der Waals surface area contributed by atoms with Crippen LogP contribution >= 0.6 is 0 Å². The molecule has 1 heterocycles. The van der Waals surface area contributed by atoms with Crippen LogP contribution in [0.3, 0.4) is 0 Å². The quantitative estimate of drug-likeness (QED) is 0.717. The minimum atomic E-state index is 0.724. The summed E-state index contributed by atoms with van der Waals surface area (Å²) in [6.45, 7) is 2.06. The molecule has 0 saturated carbocycles. The molecule has 0 bridgehead atoms. The number of aryl methyl sites for hydroxylation is 1. The van der Waals surface area contributed by atoms with E-state index in [0.29, 0.717) is 0 Å². The van der Waals surface area contributed by atoms with Gasteiger partial charge in [-0.3, -0.25) is 0 Å². The van der Waals surface area contributed by atoms with Crippen LogP contribution < -0.4 is 0 Å². The Labute approximate surface area is 111 Å². The average Bonchev–Trinajstić information content (AvgIpc) is 2.89. The first-order valence-electron chi connectivity index (χ1n) is 6.21. The molecular formula is C15H14N4. The minimum absolute atomic E-state index is 0.724. The van der Waals surface area contributed by atoms with Gasteiger partial charge < -0.3 is 0 Å². The van der Waals surface area contributed by atoms with Crippen LogP contribution in [-0.4, -0.2) is 20.2 Å². The van der Waals surface area contributed by atoms with Gasteiger partial charge >= 0.3 is 0 Å². The summed E-state index contributed by atoms with van der Waals surface area (Å²) in [4.78, 5) is 0. The van der Waals surface area contributed by atoms with Crippen LogP contribution in [0.4, 0.5) is 0 Å². The summed E-state index contributed by atoms with van der Waals surface area (Å²) in [5.74, 6) is 0.843. The number of aromatic nitrogens is 4. The van der Waals surface area contributed by atoms with E-state index in [1.807, 2.05) is 30.3 Å². The highest BCUT2D eigenvalue weighted by molar-refractivity contribution is 5.34. The van der Waals surface area contributed by atoms with E-state index in [4.69, 9.17) is 0 Å². The van der Waals surface area contributed by atoms with E-state index in [0.717, 1.165) is 17.9 Å². The lowest BCUT2D eigenvalue weighted by Crippen LogP contribution is -2.04. The summed E-state index contributed by atoms with van der Waals surface area (Å²) < 4.78 is 1.78. The SMILES string of the molecule is Cc1ccc(-n2nnnc2Cc2ccccc2)cc1. The molecule has 19 heavy (non-hydrogen) atoms. The molecule has 0 aliphatic heterocycles. The lowest BCUT2D eigenvalue weighted by molar-refractivity contribution is 0.770. The molecule has 94 valence electrons. The Balaban J connectivity index is 1.92. The Bertz CT molecular complexity index is 656. The number of nitrogens with zero attached hydrogens (tertiary/aromatic N) is 4. The molecule has 0 N–H and O–H groups in total. The second-order valence-electron chi connectivity index (χ2n) is 4.50. The van der Waals surface area contributed by atoms with Gasteiger partial charge in [0.25, 0.3) is 0 Å². The maximum atomic E-state index is 4.11. The van der Waals surface area contributed by atoms with E-state index in [-0.39, 0.29) is 0 Å². The highest BCUT2D eigenvalue weighted by atomic mass is 15.5. The van der Waals surface area contributed by atoms with Gasteiger partial charge in [0.2, 0.25) is 0 Å². The van der Waals surface area contributed by atoms with Gasteiger partial charge in [0.15, 0.2) is 5.82 Å². The molecule has 3 aromatic rings. The number of benzene rings is 2. The fourth-order valence-corrected chi connectivity index (χ4v) is 1.98. The molecule has 0 radical (unpaired) electrons. The van der Waals surface area contributed by atoms with Crippen molar-refractivity contribution < 1.29 is 0 Å². The van der Waals surface area contributed by atoms with Gasteiger partial charge in [0.05, 0.1) is 5.69 Å². The third-order valence-electron chi connectivity index (χ3n) is 3.02. The second-order valence-corrected chi connectivity index (χ2v) is 4.50. The van der Waals surface area contributed by atoms with Crippen LogP contribution in [-0.2, 0) is 6.42 Å². The first kappa shape index (κ1) is 11.6. The maximum Gasteiger partial charge on any atom is 0.161 e. The number of rotatable bonds is 3. The van der Waals surface area contributed by atoms with Crippen LogP contribution in [0.25, 0.3) is 5.69 Å². The molecule has 4 nitrogen and oxygen atoms in total. The van der Waals surface area contributed by atoms with Gasteiger partial charge in [-0.15, -0.1) is 5.10 Å². The lowest BCUT2D eigenvalue weighted by atomic mass is 10.1. The van der Waals surface area contributed by atoms with Gasteiger partial charge in [0, 0.05) is 6.42 Å². The fraction of sp³-hybridized carbons (Fsp3) is 0.133. The van der Waals surface area contributed by atoms with Crippen LogP contribution in [0.2, 0.25) is 0 Å². The molecule has 0 spiro atoms. The molecule has 0 fully saturated rings. The van der Waals surface area contributed by atoms with Crippen LogP contribution in [0.1, 0.15) is 17.0 Å². The highest BCUT2D eigenvalue weighted by Gasteiger charge is 2.08. The summed E-state index contributed by atoms with van der Waals surface area (Å²) >= 11 is 0. The molecule has 0 aliphatic rings. The maximum absolute atomic E-state index is 4.11. The van der Waals surface area contributed by atoms with Crippen molar-refractivity contribution in [3.8, 4) is 5.69 Å². The standard InChI is InChI=1S/C15H14N4/c1-12-7-9-14(10-8-12)19-15(16-17-18-19)11-13-5-3-2-4-6-13/h2-10H,11H2,1H3. The molecule has 0 unspecified atom stereocenters. The van der Waals surface area contributed by atoms with Gasteiger partial charge in [0.1, 0.15) is 0 Å². The Hall–Kier alpha value is -2.49. The summed E-state index contributed by atoms with van der Waals surface area (Å²) in [6.07, 6.45) is 0.724. The summed E-state index contributed by atoms with van der Waals surface area (Å²) in [6, 6.07) is 18.4. The zero-order valence-corrected chi connectivity index (χ0v) is 10.7. The summed E-state index contributed by atoms with van der Waals surface area (Å²) in [5, 5.41) is 12.0. The molecule has 4 heteroatoms. The van der Waals surface area contributed by atoms with Crippen molar-refractivity contribution in [2.45, 2.75) is 13.3 Å². The van der Waals surface area contributed by atoms with Gasteiger partial charge in [-0.2, -0.15) is 4.68 Å². The van der Waals surface area contributed by atoms with Crippen molar-refractivity contribution in [2.24, 2.45) is 0 Å². The Kier molecular flexibility index (Phi) is 3.06. The smallest absolute Gasteiger partial charge is 0.161 e. The Morgan fingerprint density at radius 2 is 1.68 bits per heavy atom. The molecule has 0 atom stereocenters. The molecule has 2 aromatic carbocycles. The second kappa shape index (κ2) is 5.02. The van der Waals surface area contributed by atoms with Crippen molar-refractivity contribution in [3.05, 3.63) is 71.5 Å². The highest BCUT2D eigenvalue weighted by Crippen LogP contribution is 2.12. The van der Waals surface area contributed by atoms with E-state index in [2.05, 4.69) is 46.7 Å². The fourth-order valence-electron chi connectivity index (χ4n) is 1.98. The van der Waals surface area contributed by atoms with Gasteiger partial charge in [-0.25, -0.2) is 0 Å². The largest absolute Gasteiger partial charge is 0.197 e. The Morgan fingerprint density at radius 1 is 0.947 bits per heavy atom. The van der Waals surface area contributed by atoms with E-state index >= 15 is 0 Å². The number of hydrogen-bond acceptors (Lipinski definition) is 3. The predicted molar refractivity (Wildman–Crippen MR) is 73.1 cm³/mol. The van der Waals surface area contributed by atoms with Gasteiger partial charge in [-0.05, 0) is 35.0 Å². The van der Waals surface area contributed by atoms with Crippen LogP contribution in [0, 0.1) is 6.92 Å². The summed E-state index contributed by atoms with van der Waals surface area (Å²) in [7, 11) is 0. The molecular weight excluding hydrogens is 236 g/mol. The normalized spacial score (nSPS) is 10.6. The van der Waals surface area contributed by atoms with Crippen molar-refractivity contribution >= 4 is 0 Å². The Morgan fingerprint density at radius 3 is 2.42 bits per heavy atom. The van der Waals surface area contributed by atoms with Crippen LogP contribution in [0.5, 0.6) is 0 Å². The first-order valence-corrected chi connectivity index (χ1v) is 6.21. The van der Waals surface area contributed by atoms with Crippen molar-refractivity contribution in [1.82, 2.24) is 20.2 Å². The summed E-state index contributed by atoms with van der Waals surface area (Å²) in [5.41, 5.74) is 3.41. The zero-order chi connectivity index (χ0) is 13.1. The molecule has 0 aliphatic carbocycles. The monoisotopic (exact) mass is 250 g/mol. The number of tetrazole rings is 1. The molecule has 3 rings (SSSR count). The van der Waals surface area contributed by atoms with Crippen molar-refractivity contribution in [1.29, 1.82) is 0 Å². The van der Waals surface area contributed by atoms with Crippen molar-refractivity contribution in [3.63, 3.8) is 0 Å².